The number of hydrogen-bond acceptors (Lipinski definition) is 6. The number of oxazole rings is 1. The Balaban J connectivity index is 1.39. The van der Waals surface area contributed by atoms with Crippen LogP contribution in [0.3, 0.4) is 0 Å². The lowest BCUT2D eigenvalue weighted by molar-refractivity contribution is 0.299. The largest absolute Gasteiger partial charge is 0.487 e. The van der Waals surface area contributed by atoms with E-state index in [0.29, 0.717) is 18.3 Å². The molecule has 0 bridgehead atoms. The number of aromatic amines is 1. The lowest BCUT2D eigenvalue weighted by atomic mass is 10.2. The normalized spacial score (nSPS) is 11.1. The van der Waals surface area contributed by atoms with Crippen molar-refractivity contribution in [2.45, 2.75) is 13.5 Å². The first-order valence-electron chi connectivity index (χ1n) is 8.44. The molecule has 1 N–H and O–H groups in total. The summed E-state index contributed by atoms with van der Waals surface area (Å²) in [6, 6.07) is 17.5. The molecule has 0 unspecified atom stereocenters. The number of aryl methyl sites for hydroxylation is 1. The third-order valence-electron chi connectivity index (χ3n) is 3.96. The van der Waals surface area contributed by atoms with Crippen LogP contribution in [-0.2, 0) is 6.61 Å². The number of aromatic nitrogens is 5. The highest BCUT2D eigenvalue weighted by atomic mass is 16.5. The fraction of sp³-hybridized carbons (Fsp3) is 0.100. The average molecular weight is 359 g/mol. The second-order valence-electron chi connectivity index (χ2n) is 5.85. The number of rotatable bonds is 6. The maximum atomic E-state index is 5.84. The number of benzene rings is 2. The molecule has 7 heteroatoms. The summed E-state index contributed by atoms with van der Waals surface area (Å²) >= 11 is 0. The van der Waals surface area contributed by atoms with Gasteiger partial charge in [-0.25, -0.2) is 4.98 Å². The molecular formula is C20H17N5O2. The number of H-pyrrole nitrogens is 1. The SMILES string of the molecule is Cc1oc(-c2ccccc2)nc1COc1ccc(C=Cc2nn[nH]n2)cc1. The minimum absolute atomic E-state index is 0.347. The van der Waals surface area contributed by atoms with Gasteiger partial charge in [-0.05, 0) is 48.0 Å². The van der Waals surface area contributed by atoms with Gasteiger partial charge in [0.2, 0.25) is 5.89 Å². The number of nitrogens with zero attached hydrogens (tertiary/aromatic N) is 4. The highest BCUT2D eigenvalue weighted by Crippen LogP contribution is 2.23. The first-order valence-corrected chi connectivity index (χ1v) is 8.44. The Labute approximate surface area is 155 Å². The van der Waals surface area contributed by atoms with E-state index in [4.69, 9.17) is 9.15 Å². The quantitative estimate of drug-likeness (QED) is 0.561. The molecule has 0 aliphatic carbocycles. The molecule has 4 rings (SSSR count). The summed E-state index contributed by atoms with van der Waals surface area (Å²) in [7, 11) is 0. The zero-order valence-corrected chi connectivity index (χ0v) is 14.7. The molecule has 0 radical (unpaired) electrons. The molecule has 134 valence electrons. The second kappa shape index (κ2) is 7.65. The van der Waals surface area contributed by atoms with Crippen molar-refractivity contribution in [3.63, 3.8) is 0 Å². The van der Waals surface area contributed by atoms with Crippen LogP contribution < -0.4 is 4.74 Å². The van der Waals surface area contributed by atoms with Gasteiger partial charge in [-0.1, -0.05) is 36.4 Å². The molecule has 0 spiro atoms. The van der Waals surface area contributed by atoms with Crippen molar-refractivity contribution in [3.05, 3.63) is 77.4 Å². The highest BCUT2D eigenvalue weighted by molar-refractivity contribution is 5.66. The molecule has 27 heavy (non-hydrogen) atoms. The highest BCUT2D eigenvalue weighted by Gasteiger charge is 2.11. The third kappa shape index (κ3) is 4.09. The molecule has 0 amide bonds. The molecule has 0 aliphatic rings. The Hall–Kier alpha value is -3.74. The van der Waals surface area contributed by atoms with Crippen LogP contribution >= 0.6 is 0 Å². The lowest BCUT2D eigenvalue weighted by Gasteiger charge is -2.04. The molecule has 0 atom stereocenters. The van der Waals surface area contributed by atoms with E-state index < -0.39 is 0 Å². The first-order chi connectivity index (χ1) is 13.3. The minimum Gasteiger partial charge on any atom is -0.487 e. The fourth-order valence-corrected chi connectivity index (χ4v) is 2.50. The van der Waals surface area contributed by atoms with E-state index >= 15 is 0 Å². The Morgan fingerprint density at radius 3 is 2.59 bits per heavy atom. The van der Waals surface area contributed by atoms with Crippen LogP contribution in [0, 0.1) is 6.92 Å². The summed E-state index contributed by atoms with van der Waals surface area (Å²) in [6.07, 6.45) is 3.69. The van der Waals surface area contributed by atoms with Gasteiger partial charge < -0.3 is 9.15 Å². The van der Waals surface area contributed by atoms with E-state index in [0.717, 1.165) is 28.3 Å². The predicted molar refractivity (Wildman–Crippen MR) is 101 cm³/mol. The number of hydrogen-bond donors (Lipinski definition) is 1. The number of nitrogens with one attached hydrogen (secondary N) is 1. The van der Waals surface area contributed by atoms with E-state index in [2.05, 4.69) is 25.6 Å². The van der Waals surface area contributed by atoms with Crippen molar-refractivity contribution in [3.8, 4) is 17.2 Å². The summed E-state index contributed by atoms with van der Waals surface area (Å²) in [5.41, 5.74) is 2.75. The summed E-state index contributed by atoms with van der Waals surface area (Å²) in [5.74, 6) is 2.66. The van der Waals surface area contributed by atoms with Crippen LogP contribution in [0.4, 0.5) is 0 Å². The summed E-state index contributed by atoms with van der Waals surface area (Å²) < 4.78 is 11.6. The second-order valence-corrected chi connectivity index (χ2v) is 5.85. The van der Waals surface area contributed by atoms with Gasteiger partial charge in [0.15, 0.2) is 5.82 Å². The van der Waals surface area contributed by atoms with Gasteiger partial charge in [-0.3, -0.25) is 0 Å². The Morgan fingerprint density at radius 2 is 1.85 bits per heavy atom. The molecule has 7 nitrogen and oxygen atoms in total. The van der Waals surface area contributed by atoms with Gasteiger partial charge in [0.1, 0.15) is 23.8 Å². The summed E-state index contributed by atoms with van der Waals surface area (Å²) in [5, 5.41) is 13.7. The van der Waals surface area contributed by atoms with E-state index in [1.165, 1.54) is 0 Å². The Bertz CT molecular complexity index is 1020. The lowest BCUT2D eigenvalue weighted by Crippen LogP contribution is -1.97. The Kier molecular flexibility index (Phi) is 4.74. The van der Waals surface area contributed by atoms with Crippen LogP contribution in [0.2, 0.25) is 0 Å². The molecule has 2 heterocycles. The van der Waals surface area contributed by atoms with E-state index in [1.54, 1.807) is 6.08 Å². The zero-order chi connectivity index (χ0) is 18.5. The van der Waals surface area contributed by atoms with Gasteiger partial charge in [-0.15, -0.1) is 10.2 Å². The smallest absolute Gasteiger partial charge is 0.226 e. The van der Waals surface area contributed by atoms with Crippen LogP contribution in [0.25, 0.3) is 23.6 Å². The standard InChI is InChI=1S/C20H17N5O2/c1-14-18(21-20(27-14)16-5-3-2-4-6-16)13-26-17-10-7-15(8-11-17)9-12-19-22-24-25-23-19/h2-12H,13H2,1H3,(H,22,23,24,25). The molecular weight excluding hydrogens is 342 g/mol. The van der Waals surface area contributed by atoms with Crippen molar-refractivity contribution >= 4 is 12.2 Å². The van der Waals surface area contributed by atoms with Crippen LogP contribution in [0.15, 0.2) is 59.0 Å². The van der Waals surface area contributed by atoms with E-state index in [-0.39, 0.29) is 0 Å². The molecule has 0 saturated carbocycles. The van der Waals surface area contributed by atoms with Gasteiger partial charge >= 0.3 is 0 Å². The molecule has 0 saturated heterocycles. The zero-order valence-electron chi connectivity index (χ0n) is 14.7. The molecule has 0 fully saturated rings. The van der Waals surface area contributed by atoms with Crippen molar-refractivity contribution in [1.82, 2.24) is 25.6 Å². The predicted octanol–water partition coefficient (Wildman–Crippen LogP) is 3.91. The number of ether oxygens (including phenoxy) is 1. The minimum atomic E-state index is 0.347. The average Bonchev–Trinajstić information content (AvgIpc) is 3.36. The van der Waals surface area contributed by atoms with Crippen LogP contribution in [0.1, 0.15) is 22.8 Å². The van der Waals surface area contributed by atoms with Gasteiger partial charge in [0.25, 0.3) is 0 Å². The van der Waals surface area contributed by atoms with Gasteiger partial charge in [-0.2, -0.15) is 5.21 Å². The van der Waals surface area contributed by atoms with Crippen molar-refractivity contribution in [2.75, 3.05) is 0 Å². The van der Waals surface area contributed by atoms with Gasteiger partial charge in [0, 0.05) is 5.56 Å². The maximum absolute atomic E-state index is 5.84. The monoisotopic (exact) mass is 359 g/mol. The summed E-state index contributed by atoms with van der Waals surface area (Å²) in [4.78, 5) is 4.54. The summed E-state index contributed by atoms with van der Waals surface area (Å²) in [6.45, 7) is 2.24. The molecule has 2 aromatic heterocycles. The maximum Gasteiger partial charge on any atom is 0.226 e. The Morgan fingerprint density at radius 1 is 1.04 bits per heavy atom. The first kappa shape index (κ1) is 16.7. The van der Waals surface area contributed by atoms with E-state index in [9.17, 15) is 0 Å². The van der Waals surface area contributed by atoms with Crippen molar-refractivity contribution in [2.24, 2.45) is 0 Å². The molecule has 0 aliphatic heterocycles. The molecule has 4 aromatic rings. The van der Waals surface area contributed by atoms with Crippen LogP contribution in [0.5, 0.6) is 5.75 Å². The van der Waals surface area contributed by atoms with Crippen molar-refractivity contribution in [1.29, 1.82) is 0 Å². The van der Waals surface area contributed by atoms with Gasteiger partial charge in [0.05, 0.1) is 0 Å². The molecule has 2 aromatic carbocycles. The fourth-order valence-electron chi connectivity index (χ4n) is 2.50. The number of tetrazole rings is 1. The van der Waals surface area contributed by atoms with E-state index in [1.807, 2.05) is 67.6 Å². The third-order valence-corrected chi connectivity index (χ3v) is 3.96. The van der Waals surface area contributed by atoms with Crippen molar-refractivity contribution < 1.29 is 9.15 Å². The van der Waals surface area contributed by atoms with Crippen LogP contribution in [-0.4, -0.2) is 25.6 Å². The topological polar surface area (TPSA) is 89.7 Å².